The Morgan fingerprint density at radius 3 is 2.76 bits per heavy atom. The Morgan fingerprint density at radius 1 is 1.21 bits per heavy atom. The van der Waals surface area contributed by atoms with Crippen LogP contribution in [-0.2, 0) is 12.7 Å². The van der Waals surface area contributed by atoms with Gasteiger partial charge in [-0.25, -0.2) is 4.99 Å². The number of hydrogen-bond donors (Lipinski definition) is 4. The number of pyridine rings is 1. The minimum atomic E-state index is -4.51. The largest absolute Gasteiger partial charge is 0.484 e. The van der Waals surface area contributed by atoms with Crippen molar-refractivity contribution in [3.8, 4) is 5.75 Å². The van der Waals surface area contributed by atoms with E-state index in [4.69, 9.17) is 16.3 Å². The van der Waals surface area contributed by atoms with Crippen molar-refractivity contribution in [2.24, 2.45) is 10.9 Å². The third-order valence-corrected chi connectivity index (χ3v) is 6.01. The van der Waals surface area contributed by atoms with Crippen LogP contribution in [0.3, 0.4) is 0 Å². The lowest BCUT2D eigenvalue weighted by Crippen LogP contribution is -2.34. The van der Waals surface area contributed by atoms with Crippen LogP contribution in [0, 0.1) is 5.92 Å². The monoisotopic (exact) mass is 483 g/mol. The smallest absolute Gasteiger partial charge is 0.416 e. The summed E-state index contributed by atoms with van der Waals surface area (Å²) in [7, 11) is 0. The summed E-state index contributed by atoms with van der Waals surface area (Å²) in [5.41, 5.74) is 1.04. The SMILES string of the molecule is OC1N=C(COc2cc(C(F)(F)F)ccc2Cl)Nc2c1ccnc2CNCC1CCNCC1. The van der Waals surface area contributed by atoms with Crippen molar-refractivity contribution in [2.75, 3.05) is 31.6 Å². The summed E-state index contributed by atoms with van der Waals surface area (Å²) in [5.74, 6) is 0.745. The molecule has 0 aliphatic carbocycles. The van der Waals surface area contributed by atoms with E-state index in [0.717, 1.165) is 50.7 Å². The number of halogens is 4. The maximum absolute atomic E-state index is 13.0. The fraction of sp³-hybridized carbons (Fsp3) is 0.455. The zero-order valence-electron chi connectivity index (χ0n) is 17.8. The number of fused-ring (bicyclic) bond motifs is 1. The number of piperidine rings is 1. The lowest BCUT2D eigenvalue weighted by atomic mass is 9.98. The number of aliphatic hydroxyl groups is 1. The Labute approximate surface area is 194 Å². The number of amidine groups is 1. The molecule has 2 aromatic rings. The highest BCUT2D eigenvalue weighted by atomic mass is 35.5. The number of ether oxygens (including phenoxy) is 1. The third-order valence-electron chi connectivity index (χ3n) is 5.69. The first-order chi connectivity index (χ1) is 15.8. The third kappa shape index (κ3) is 5.94. The van der Waals surface area contributed by atoms with Gasteiger partial charge in [-0.3, -0.25) is 4.98 Å². The predicted molar refractivity (Wildman–Crippen MR) is 120 cm³/mol. The molecule has 1 saturated heterocycles. The number of aliphatic imine (C=N–C) groups is 1. The Bertz CT molecular complexity index is 1010. The van der Waals surface area contributed by atoms with Crippen LogP contribution < -0.4 is 20.7 Å². The Hall–Kier alpha value is -2.40. The molecule has 3 heterocycles. The lowest BCUT2D eigenvalue weighted by Gasteiger charge is -2.25. The molecule has 0 amide bonds. The highest BCUT2D eigenvalue weighted by Crippen LogP contribution is 2.35. The molecule has 2 aliphatic rings. The second-order valence-electron chi connectivity index (χ2n) is 8.05. The van der Waals surface area contributed by atoms with E-state index in [-0.39, 0.29) is 23.2 Å². The van der Waals surface area contributed by atoms with Gasteiger partial charge in [-0.2, -0.15) is 13.2 Å². The molecule has 1 aromatic heterocycles. The summed E-state index contributed by atoms with van der Waals surface area (Å²) in [6.07, 6.45) is -1.79. The molecule has 1 fully saturated rings. The molecule has 178 valence electrons. The summed E-state index contributed by atoms with van der Waals surface area (Å²) in [6, 6.07) is 4.54. The molecule has 1 unspecified atom stereocenters. The van der Waals surface area contributed by atoms with Crippen molar-refractivity contribution in [3.63, 3.8) is 0 Å². The Morgan fingerprint density at radius 2 is 2.00 bits per heavy atom. The van der Waals surface area contributed by atoms with Crippen LogP contribution in [0.15, 0.2) is 35.5 Å². The Balaban J connectivity index is 1.42. The second-order valence-corrected chi connectivity index (χ2v) is 8.46. The molecule has 11 heteroatoms. The molecular weight excluding hydrogens is 459 g/mol. The molecule has 4 N–H and O–H groups in total. The zero-order valence-corrected chi connectivity index (χ0v) is 18.5. The zero-order chi connectivity index (χ0) is 23.4. The van der Waals surface area contributed by atoms with Crippen LogP contribution in [0.5, 0.6) is 5.75 Å². The van der Waals surface area contributed by atoms with Gasteiger partial charge in [0.05, 0.1) is 22.0 Å². The second kappa shape index (κ2) is 10.3. The van der Waals surface area contributed by atoms with E-state index in [0.29, 0.717) is 29.4 Å². The van der Waals surface area contributed by atoms with Crippen molar-refractivity contribution in [2.45, 2.75) is 31.8 Å². The molecule has 0 spiro atoms. The number of nitrogens with zero attached hydrogens (tertiary/aromatic N) is 2. The number of aromatic nitrogens is 1. The number of hydrogen-bond acceptors (Lipinski definition) is 7. The number of aliphatic hydroxyl groups excluding tert-OH is 1. The summed E-state index contributed by atoms with van der Waals surface area (Å²) in [6.45, 7) is 3.21. The van der Waals surface area contributed by atoms with E-state index in [2.05, 4.69) is 25.9 Å². The normalized spacial score (nSPS) is 18.9. The fourth-order valence-corrected chi connectivity index (χ4v) is 4.07. The van der Waals surface area contributed by atoms with Gasteiger partial charge in [-0.15, -0.1) is 0 Å². The van der Waals surface area contributed by atoms with Gasteiger partial charge < -0.3 is 25.8 Å². The van der Waals surface area contributed by atoms with Crippen LogP contribution in [-0.4, -0.2) is 42.2 Å². The standard InChI is InChI=1S/C22H25ClF3N5O2/c23-16-2-1-14(22(24,25)26)9-18(16)33-12-19-30-20-15(21(32)31-19)5-8-29-17(20)11-28-10-13-3-6-27-7-4-13/h1-2,5,8-9,13,21,27-28,32H,3-4,6-7,10-12H2,(H,30,31). The van der Waals surface area contributed by atoms with Crippen LogP contribution in [0.4, 0.5) is 18.9 Å². The van der Waals surface area contributed by atoms with Gasteiger partial charge in [0.1, 0.15) is 18.2 Å². The molecule has 0 bridgehead atoms. The molecular formula is C22H25ClF3N5O2. The number of nitrogens with one attached hydrogen (secondary N) is 3. The van der Waals surface area contributed by atoms with Gasteiger partial charge >= 0.3 is 6.18 Å². The van der Waals surface area contributed by atoms with E-state index >= 15 is 0 Å². The number of anilines is 1. The van der Waals surface area contributed by atoms with Gasteiger partial charge in [0.15, 0.2) is 6.23 Å². The quantitative estimate of drug-likeness (QED) is 0.480. The maximum atomic E-state index is 13.0. The molecule has 1 atom stereocenters. The summed E-state index contributed by atoms with van der Waals surface area (Å²) >= 11 is 6.00. The van der Waals surface area contributed by atoms with E-state index < -0.39 is 18.0 Å². The highest BCUT2D eigenvalue weighted by Gasteiger charge is 2.31. The van der Waals surface area contributed by atoms with Crippen LogP contribution >= 0.6 is 11.6 Å². The van der Waals surface area contributed by atoms with Crippen molar-refractivity contribution in [1.29, 1.82) is 0 Å². The number of alkyl halides is 3. The van der Waals surface area contributed by atoms with E-state index in [9.17, 15) is 18.3 Å². The maximum Gasteiger partial charge on any atom is 0.416 e. The average molecular weight is 484 g/mol. The molecule has 0 saturated carbocycles. The summed E-state index contributed by atoms with van der Waals surface area (Å²) in [4.78, 5) is 8.57. The first-order valence-corrected chi connectivity index (χ1v) is 11.1. The van der Waals surface area contributed by atoms with Crippen LogP contribution in [0.25, 0.3) is 0 Å². The molecule has 7 nitrogen and oxygen atoms in total. The Kier molecular flexibility index (Phi) is 7.38. The summed E-state index contributed by atoms with van der Waals surface area (Å²) in [5, 5.41) is 20.4. The predicted octanol–water partition coefficient (Wildman–Crippen LogP) is 3.74. The fourth-order valence-electron chi connectivity index (χ4n) is 3.90. The highest BCUT2D eigenvalue weighted by molar-refractivity contribution is 6.32. The van der Waals surface area contributed by atoms with Crippen LogP contribution in [0.2, 0.25) is 5.02 Å². The van der Waals surface area contributed by atoms with Crippen molar-refractivity contribution >= 4 is 23.1 Å². The van der Waals surface area contributed by atoms with Gasteiger partial charge in [0.2, 0.25) is 0 Å². The van der Waals surface area contributed by atoms with Crippen molar-refractivity contribution < 1.29 is 23.0 Å². The minimum absolute atomic E-state index is 0.0461. The van der Waals surface area contributed by atoms with E-state index in [1.54, 1.807) is 12.3 Å². The first kappa shape index (κ1) is 23.7. The average Bonchev–Trinajstić information content (AvgIpc) is 2.79. The van der Waals surface area contributed by atoms with Crippen molar-refractivity contribution in [3.05, 3.63) is 52.3 Å². The minimum Gasteiger partial charge on any atom is -0.484 e. The molecule has 4 rings (SSSR count). The van der Waals surface area contributed by atoms with E-state index in [1.165, 1.54) is 0 Å². The first-order valence-electron chi connectivity index (χ1n) is 10.7. The molecule has 0 radical (unpaired) electrons. The topological polar surface area (TPSA) is 90.8 Å². The molecule has 33 heavy (non-hydrogen) atoms. The van der Waals surface area contributed by atoms with Gasteiger partial charge in [-0.1, -0.05) is 11.6 Å². The number of benzene rings is 1. The van der Waals surface area contributed by atoms with Gasteiger partial charge in [-0.05, 0) is 62.7 Å². The molecule has 2 aliphatic heterocycles. The lowest BCUT2D eigenvalue weighted by molar-refractivity contribution is -0.137. The molecule has 1 aromatic carbocycles. The van der Waals surface area contributed by atoms with Gasteiger partial charge in [0.25, 0.3) is 0 Å². The van der Waals surface area contributed by atoms with Crippen molar-refractivity contribution in [1.82, 2.24) is 15.6 Å². The van der Waals surface area contributed by atoms with Gasteiger partial charge in [0, 0.05) is 18.3 Å². The summed E-state index contributed by atoms with van der Waals surface area (Å²) < 4.78 is 44.5. The van der Waals surface area contributed by atoms with E-state index in [1.807, 2.05) is 0 Å². The van der Waals surface area contributed by atoms with Crippen LogP contribution in [0.1, 0.15) is 35.9 Å². The number of rotatable bonds is 7.